The second-order valence-electron chi connectivity index (χ2n) is 25.9. The molecule has 2 aromatic rings. The molecule has 35 heteroatoms. The van der Waals surface area contributed by atoms with E-state index >= 15 is 0 Å². The smallest absolute Gasteiger partial charge is 0.550 e. The number of hydrogen-bond donors (Lipinski definition) is 15. The van der Waals surface area contributed by atoms with Crippen molar-refractivity contribution in [2.45, 2.75) is 224 Å². The van der Waals surface area contributed by atoms with Crippen LogP contribution in [0.4, 0.5) is 0 Å². The van der Waals surface area contributed by atoms with E-state index in [0.29, 0.717) is 10.6 Å². The molecular formula is C66H101N17O16SZn. The number of H-pyrrole nitrogens is 1. The van der Waals surface area contributed by atoms with Crippen LogP contribution < -0.4 is 85.9 Å². The fraction of sp³-hybridized carbons (Fsp3) is 0.636. The first-order chi connectivity index (χ1) is 47.4. The maximum Gasteiger partial charge on any atom is 2.00 e. The Morgan fingerprint density at radius 3 is 1.84 bits per heavy atom. The molecule has 1 aromatic carbocycles. The average molecular weight is 1490 g/mol. The topological polar surface area (TPSA) is 537 Å². The van der Waals surface area contributed by atoms with Crippen molar-refractivity contribution in [3.05, 3.63) is 54.1 Å². The number of benzene rings is 1. The summed E-state index contributed by atoms with van der Waals surface area (Å²) in [6.07, 6.45) is -0.0833. The Kier molecular flexibility index (Phi) is 37.9. The van der Waals surface area contributed by atoms with E-state index in [1.54, 1.807) is 71.9 Å². The molecule has 18 N–H and O–H groups in total. The summed E-state index contributed by atoms with van der Waals surface area (Å²) < 4.78 is 0. The van der Waals surface area contributed by atoms with E-state index in [4.69, 9.17) is 17.2 Å². The fourth-order valence-corrected chi connectivity index (χ4v) is 12.0. The number of nitrogens with two attached hydrogens (primary N) is 3. The number of aliphatic carboxylic acids is 2. The Balaban J connectivity index is 0.0000265. The molecule has 2 aliphatic rings. The number of aromatic nitrogens is 2. The number of carboxylic acid groups (broad SMARTS) is 2. The molecule has 0 spiro atoms. The molecule has 0 bridgehead atoms. The summed E-state index contributed by atoms with van der Waals surface area (Å²) in [5.41, 5.74) is 18.7. The van der Waals surface area contributed by atoms with Gasteiger partial charge in [-0.05, 0) is 87.1 Å². The van der Waals surface area contributed by atoms with Gasteiger partial charge in [-0.2, -0.15) is 0 Å². The van der Waals surface area contributed by atoms with Gasteiger partial charge in [0.1, 0.15) is 66.5 Å². The maximum atomic E-state index is 14.9. The van der Waals surface area contributed by atoms with Crippen molar-refractivity contribution in [3.8, 4) is 0 Å². The quantitative estimate of drug-likeness (QED) is 0.0317. The Morgan fingerprint density at radius 2 is 1.26 bits per heavy atom. The van der Waals surface area contributed by atoms with Gasteiger partial charge in [0.25, 0.3) is 0 Å². The number of primary amides is 1. The van der Waals surface area contributed by atoms with Gasteiger partial charge < -0.3 is 100 Å². The number of carboxylic acids is 2. The number of amides is 12. The molecule has 3 heterocycles. The van der Waals surface area contributed by atoms with Crippen LogP contribution in [0, 0.1) is 23.7 Å². The van der Waals surface area contributed by atoms with E-state index in [-0.39, 0.29) is 120 Å². The van der Waals surface area contributed by atoms with E-state index in [2.05, 4.69) is 73.4 Å². The second kappa shape index (κ2) is 44.1. The van der Waals surface area contributed by atoms with Crippen LogP contribution in [0.1, 0.15) is 150 Å². The predicted octanol–water partition coefficient (Wildman–Crippen LogP) is -4.35. The summed E-state index contributed by atoms with van der Waals surface area (Å²) in [5.74, 6) is -16.2. The molecule has 0 aliphatic carbocycles. The molecule has 2 aliphatic heterocycles. The van der Waals surface area contributed by atoms with Gasteiger partial charge in [0.2, 0.25) is 70.9 Å². The van der Waals surface area contributed by atoms with E-state index < -0.39 is 193 Å². The van der Waals surface area contributed by atoms with Gasteiger partial charge in [0, 0.05) is 55.4 Å². The van der Waals surface area contributed by atoms with Gasteiger partial charge >= 0.3 is 19.5 Å². The van der Waals surface area contributed by atoms with Crippen molar-refractivity contribution < 1.29 is 96.8 Å². The fourth-order valence-electron chi connectivity index (χ4n) is 10.8. The molecule has 15 atom stereocenters. The third kappa shape index (κ3) is 29.2. The molecule has 0 saturated carbocycles. The zero-order valence-electron chi connectivity index (χ0n) is 58.8. The first-order valence-electron chi connectivity index (χ1n) is 34.1. The van der Waals surface area contributed by atoms with E-state index in [1.165, 1.54) is 24.3 Å². The molecule has 1 saturated heterocycles. The van der Waals surface area contributed by atoms with Crippen molar-refractivity contribution in [1.82, 2.24) is 68.5 Å². The van der Waals surface area contributed by atoms with Gasteiger partial charge in [-0.25, -0.2) is 4.98 Å². The molecule has 1 fully saturated rings. The van der Waals surface area contributed by atoms with Crippen LogP contribution in [-0.2, 0) is 99.4 Å². The first-order valence-corrected chi connectivity index (χ1v) is 35.0. The third-order valence-corrected chi connectivity index (χ3v) is 18.6. The normalized spacial score (nSPS) is 22.9. The standard InChI is InChI=1S/C66H103N17O16S.Zn/c1-9-35(6)52(69)66-81-48(32-100-66)63(97)76-43(26-34(4)5)59(93)74-42(22-23-50(85)86)58(92)83-53(36(7)10-2)64(98)75-40-20-15-16-25-71-55(89)46(29-49(68)84)78-62(96)47(30-51(87)88)79-61(95)45(28-39-31-70-33-72-39)77-60(94)44(27-38-18-13-12-14-19-38)80-65(99)54(37(8)11-3)82-57(91)41(21-17-24-67)73-56(40)90;/h12-14,18-19,31,33-37,40-48,52-54H,9-11,15-17,20-30,32,67,69H2,1-8H3,(H2,68,84)(H,70,72)(H,71,89)(H,73,90)(H,74,93)(H,75,98)(H,76,97)(H,77,94)(H,78,96)(H,79,95)(H,80,99)(H,82,91)(H,83,92)(H,85,86)(H,87,88);/q;+2/p-2/t35?,36-,37-,40-,41+,42+,43-,44+,45-,46-,47+,48?,52?,53-,54-;/m0./s1. The summed E-state index contributed by atoms with van der Waals surface area (Å²) in [6.45, 7) is 14.0. The van der Waals surface area contributed by atoms with Crippen molar-refractivity contribution in [2.24, 2.45) is 45.9 Å². The average Bonchev–Trinajstić information content (AvgIpc) is 1.83. The zero-order chi connectivity index (χ0) is 74.3. The molecule has 554 valence electrons. The minimum absolute atomic E-state index is 0. The van der Waals surface area contributed by atoms with Crippen LogP contribution in [0.25, 0.3) is 0 Å². The summed E-state index contributed by atoms with van der Waals surface area (Å²) in [4.78, 5) is 206. The van der Waals surface area contributed by atoms with Crippen LogP contribution in [-0.4, -0.2) is 189 Å². The third-order valence-electron chi connectivity index (χ3n) is 17.5. The van der Waals surface area contributed by atoms with Gasteiger partial charge in [0.05, 0.1) is 23.8 Å². The Morgan fingerprint density at radius 1 is 0.663 bits per heavy atom. The Bertz CT molecular complexity index is 3170. The van der Waals surface area contributed by atoms with Crippen LogP contribution in [0.15, 0.2) is 47.8 Å². The zero-order valence-corrected chi connectivity index (χ0v) is 62.6. The summed E-state index contributed by atoms with van der Waals surface area (Å²) in [7, 11) is 0. The van der Waals surface area contributed by atoms with Gasteiger partial charge in [-0.1, -0.05) is 105 Å². The summed E-state index contributed by atoms with van der Waals surface area (Å²) in [6, 6.07) is -8.63. The van der Waals surface area contributed by atoms with Crippen molar-refractivity contribution in [3.63, 3.8) is 0 Å². The Labute approximate surface area is 605 Å². The number of thioether (sulfide) groups is 1. The molecule has 101 heavy (non-hydrogen) atoms. The number of carbonyl (C=O) groups is 14. The summed E-state index contributed by atoms with van der Waals surface area (Å²) in [5, 5.41) is 53.2. The number of rotatable bonds is 31. The minimum Gasteiger partial charge on any atom is -0.550 e. The summed E-state index contributed by atoms with van der Waals surface area (Å²) >= 11 is 1.34. The van der Waals surface area contributed by atoms with Crippen LogP contribution in [0.2, 0.25) is 0 Å². The largest absolute Gasteiger partial charge is 2.00 e. The van der Waals surface area contributed by atoms with Crippen molar-refractivity contribution in [2.75, 3.05) is 18.8 Å². The number of aromatic amines is 1. The second-order valence-corrected chi connectivity index (χ2v) is 27.0. The predicted molar refractivity (Wildman–Crippen MR) is 364 cm³/mol. The molecular weight excluding hydrogens is 1380 g/mol. The van der Waals surface area contributed by atoms with Gasteiger partial charge in [-0.3, -0.25) is 62.5 Å². The van der Waals surface area contributed by atoms with Crippen LogP contribution in [0.3, 0.4) is 0 Å². The van der Waals surface area contributed by atoms with Crippen LogP contribution >= 0.6 is 11.8 Å². The number of imidazole rings is 1. The van der Waals surface area contributed by atoms with Crippen molar-refractivity contribution >= 4 is 99.6 Å². The first kappa shape index (κ1) is 86.8. The molecule has 3 unspecified atom stereocenters. The van der Waals surface area contributed by atoms with Gasteiger partial charge in [-0.15, -0.1) is 11.8 Å². The number of nitrogens with one attached hydrogen (secondary N) is 12. The molecule has 33 nitrogen and oxygen atoms in total. The molecule has 12 amide bonds. The van der Waals surface area contributed by atoms with E-state index in [1.807, 2.05) is 13.8 Å². The van der Waals surface area contributed by atoms with E-state index in [9.17, 15) is 77.3 Å². The molecule has 0 radical (unpaired) electrons. The van der Waals surface area contributed by atoms with Crippen LogP contribution in [0.5, 0.6) is 0 Å². The minimum atomic E-state index is -2.01. The maximum absolute atomic E-state index is 14.9. The van der Waals surface area contributed by atoms with E-state index in [0.717, 1.165) is 6.42 Å². The number of carbonyl (C=O) groups excluding carboxylic acids is 14. The molecule has 4 rings (SSSR count). The number of aliphatic imine (C=N–C) groups is 1. The Hall–Kier alpha value is -8.43. The number of hydrogen-bond acceptors (Lipinski definition) is 21. The molecule has 1 aromatic heterocycles. The van der Waals surface area contributed by atoms with Gasteiger partial charge in [0.15, 0.2) is 0 Å². The number of nitrogens with zero attached hydrogens (tertiary/aromatic N) is 2. The SMILES string of the molecule is CCC(C)C(N)C1=NC(C(=O)N[C@@H](CC(C)C)C(=O)N[C@H](CCC(=O)[O-])C(=O)N[C@H](C(=O)N[C@H]2CCCCNC(=O)[C@H](CC(N)=O)NC(=O)[C@@H](CC(=O)[O-])NC(=O)[C@H](Cc3cnc[nH]3)NC(=O)[C@@H](Cc3ccccc3)NC(=O)[C@H]([C@@H](C)CC)NC(=O)[C@@H](CCCN)NC2=O)[C@@H](C)CC)CS1.[Zn+2]. The monoisotopic (exact) mass is 1480 g/mol. The van der Waals surface area contributed by atoms with Crippen molar-refractivity contribution in [1.29, 1.82) is 0 Å².